The molecule has 5 rings (SSSR count). The van der Waals surface area contributed by atoms with Crippen LogP contribution >= 0.6 is 0 Å². The molecule has 2 aliphatic carbocycles. The van der Waals surface area contributed by atoms with E-state index >= 15 is 0 Å². The van der Waals surface area contributed by atoms with Gasteiger partial charge in [-0.25, -0.2) is 9.07 Å². The minimum atomic E-state index is -0.929. The van der Waals surface area contributed by atoms with E-state index in [1.54, 1.807) is 18.2 Å². The Morgan fingerprint density at radius 2 is 2.03 bits per heavy atom. The Hall–Kier alpha value is -3.45. The Labute approximate surface area is 204 Å². The monoisotopic (exact) mass is 475 g/mol. The Morgan fingerprint density at radius 3 is 2.71 bits per heavy atom. The molecule has 3 aromatic rings. The average Bonchev–Trinajstić information content (AvgIpc) is 3.40. The van der Waals surface area contributed by atoms with Crippen LogP contribution in [-0.4, -0.2) is 33.5 Å². The number of benzene rings is 2. The second kappa shape index (κ2) is 8.64. The number of hydrogen-bond donors (Lipinski definition) is 2. The standard InChI is InChI=1S/C28H30FN3O3/c1-3-27-16-19-17-31-32(22-9-7-21(29)8-10-22)23(19)15-20(27)12-14-28(27,34)13-11-18-5-4-6-24(35-2)25(18)26(30)33/h4-10,15,17,34H,3,11-14,16H2,1-2H3,(H2,30,33). The molecule has 182 valence electrons. The number of hydrogen-bond acceptors (Lipinski definition) is 4. The zero-order valence-electron chi connectivity index (χ0n) is 20.1. The smallest absolute Gasteiger partial charge is 0.252 e. The second-order valence-corrected chi connectivity index (χ2v) is 9.62. The number of aryl methyl sites for hydroxylation is 1. The molecule has 0 radical (unpaired) electrons. The number of ether oxygens (including phenoxy) is 1. The quantitative estimate of drug-likeness (QED) is 0.522. The number of halogens is 1. The van der Waals surface area contributed by atoms with Crippen molar-refractivity contribution < 1.29 is 19.0 Å². The Bertz CT molecular complexity index is 1310. The lowest BCUT2D eigenvalue weighted by molar-refractivity contribution is -0.0569. The van der Waals surface area contributed by atoms with Gasteiger partial charge in [0.25, 0.3) is 5.91 Å². The van der Waals surface area contributed by atoms with Crippen molar-refractivity contribution in [3.63, 3.8) is 0 Å². The van der Waals surface area contributed by atoms with Crippen molar-refractivity contribution >= 4 is 12.0 Å². The van der Waals surface area contributed by atoms with Crippen LogP contribution in [-0.2, 0) is 12.8 Å². The molecule has 1 heterocycles. The molecule has 2 aliphatic rings. The van der Waals surface area contributed by atoms with Crippen molar-refractivity contribution in [1.82, 2.24) is 9.78 Å². The van der Waals surface area contributed by atoms with Crippen LogP contribution < -0.4 is 10.5 Å². The predicted octanol–water partition coefficient (Wildman–Crippen LogP) is 4.61. The van der Waals surface area contributed by atoms with Crippen LogP contribution in [0.3, 0.4) is 0 Å². The summed E-state index contributed by atoms with van der Waals surface area (Å²) in [6.45, 7) is 2.12. The third kappa shape index (κ3) is 3.65. The number of aliphatic hydroxyl groups is 1. The van der Waals surface area contributed by atoms with Gasteiger partial charge in [-0.1, -0.05) is 24.6 Å². The van der Waals surface area contributed by atoms with Crippen LogP contribution in [0.15, 0.2) is 54.2 Å². The fraction of sp³-hybridized carbons (Fsp3) is 0.357. The molecule has 0 bridgehead atoms. The van der Waals surface area contributed by atoms with Crippen LogP contribution in [0.1, 0.15) is 59.8 Å². The van der Waals surface area contributed by atoms with Crippen molar-refractivity contribution in [2.75, 3.05) is 7.11 Å². The number of nitrogens with zero attached hydrogens (tertiary/aromatic N) is 2. The van der Waals surface area contributed by atoms with Gasteiger partial charge < -0.3 is 15.6 Å². The lowest BCUT2D eigenvalue weighted by atomic mass is 9.63. The SMILES string of the molecule is CCC12Cc3cnn(-c4ccc(F)cc4)c3C=C1CCC2(O)CCc1cccc(OC)c1C(N)=O. The minimum absolute atomic E-state index is 0.283. The molecule has 0 spiro atoms. The number of rotatable bonds is 7. The van der Waals surface area contributed by atoms with Crippen LogP contribution in [0.2, 0.25) is 0 Å². The highest BCUT2D eigenvalue weighted by molar-refractivity contribution is 5.97. The fourth-order valence-electron chi connectivity index (χ4n) is 6.19. The zero-order chi connectivity index (χ0) is 24.8. The summed E-state index contributed by atoms with van der Waals surface area (Å²) in [5, 5.41) is 16.7. The molecule has 0 saturated heterocycles. The normalized spacial score (nSPS) is 22.9. The molecule has 2 atom stereocenters. The van der Waals surface area contributed by atoms with Gasteiger partial charge in [-0.05, 0) is 86.1 Å². The molecule has 1 amide bonds. The number of primary amides is 1. The van der Waals surface area contributed by atoms with E-state index in [2.05, 4.69) is 18.1 Å². The molecule has 2 unspecified atom stereocenters. The number of carbonyl (C=O) groups excluding carboxylic acids is 1. The first-order chi connectivity index (χ1) is 16.8. The van der Waals surface area contributed by atoms with Gasteiger partial charge >= 0.3 is 0 Å². The van der Waals surface area contributed by atoms with Crippen LogP contribution in [0.25, 0.3) is 11.8 Å². The highest BCUT2D eigenvalue weighted by Gasteiger charge is 2.56. The molecular weight excluding hydrogens is 445 g/mol. The first-order valence-electron chi connectivity index (χ1n) is 12.0. The molecule has 1 saturated carbocycles. The van der Waals surface area contributed by atoms with E-state index in [9.17, 15) is 14.3 Å². The summed E-state index contributed by atoms with van der Waals surface area (Å²) in [5.74, 6) is -0.360. The van der Waals surface area contributed by atoms with Gasteiger partial charge in [0, 0.05) is 5.41 Å². The zero-order valence-corrected chi connectivity index (χ0v) is 20.1. The van der Waals surface area contributed by atoms with Crippen molar-refractivity contribution in [3.8, 4) is 11.4 Å². The summed E-state index contributed by atoms with van der Waals surface area (Å²) in [7, 11) is 1.52. The summed E-state index contributed by atoms with van der Waals surface area (Å²) in [4.78, 5) is 12.1. The van der Waals surface area contributed by atoms with E-state index in [-0.39, 0.29) is 5.82 Å². The molecular formula is C28H30FN3O3. The summed E-state index contributed by atoms with van der Waals surface area (Å²) >= 11 is 0. The van der Waals surface area contributed by atoms with Gasteiger partial charge in [-0.2, -0.15) is 5.10 Å². The third-order valence-corrected chi connectivity index (χ3v) is 8.06. The highest BCUT2D eigenvalue weighted by Crippen LogP contribution is 2.59. The second-order valence-electron chi connectivity index (χ2n) is 9.62. The van der Waals surface area contributed by atoms with E-state index in [4.69, 9.17) is 10.5 Å². The maximum absolute atomic E-state index is 13.4. The fourth-order valence-corrected chi connectivity index (χ4v) is 6.19. The Balaban J connectivity index is 1.47. The molecule has 1 fully saturated rings. The van der Waals surface area contributed by atoms with Gasteiger partial charge in [0.1, 0.15) is 11.6 Å². The van der Waals surface area contributed by atoms with Crippen LogP contribution in [0.4, 0.5) is 4.39 Å². The molecule has 35 heavy (non-hydrogen) atoms. The van der Waals surface area contributed by atoms with E-state index in [1.807, 2.05) is 23.0 Å². The lowest BCUT2D eigenvalue weighted by Gasteiger charge is -2.45. The Kier molecular flexibility index (Phi) is 5.75. The molecule has 1 aromatic heterocycles. The minimum Gasteiger partial charge on any atom is -0.496 e. The van der Waals surface area contributed by atoms with Gasteiger partial charge in [-0.15, -0.1) is 0 Å². The molecule has 2 aromatic carbocycles. The van der Waals surface area contributed by atoms with Gasteiger partial charge in [0.05, 0.1) is 35.9 Å². The number of methoxy groups -OCH3 is 1. The first kappa shape index (κ1) is 23.3. The number of aromatic nitrogens is 2. The van der Waals surface area contributed by atoms with Crippen molar-refractivity contribution in [3.05, 3.63) is 82.4 Å². The number of fused-ring (bicyclic) bond motifs is 2. The largest absolute Gasteiger partial charge is 0.496 e. The molecule has 6 nitrogen and oxygen atoms in total. The van der Waals surface area contributed by atoms with E-state index in [0.29, 0.717) is 37.0 Å². The van der Waals surface area contributed by atoms with Gasteiger partial charge in [0.15, 0.2) is 0 Å². The summed E-state index contributed by atoms with van der Waals surface area (Å²) in [6.07, 6.45) is 7.96. The van der Waals surface area contributed by atoms with E-state index < -0.39 is 16.9 Å². The van der Waals surface area contributed by atoms with E-state index in [1.165, 1.54) is 24.8 Å². The van der Waals surface area contributed by atoms with Gasteiger partial charge in [0.2, 0.25) is 0 Å². The van der Waals surface area contributed by atoms with Crippen LogP contribution in [0.5, 0.6) is 5.75 Å². The highest BCUT2D eigenvalue weighted by atomic mass is 19.1. The van der Waals surface area contributed by atoms with Crippen molar-refractivity contribution in [2.45, 2.75) is 51.0 Å². The average molecular weight is 476 g/mol. The molecule has 7 heteroatoms. The summed E-state index contributed by atoms with van der Waals surface area (Å²) < 4.78 is 20.6. The molecule has 3 N–H and O–H groups in total. The van der Waals surface area contributed by atoms with Crippen molar-refractivity contribution in [1.29, 1.82) is 0 Å². The topological polar surface area (TPSA) is 90.4 Å². The third-order valence-electron chi connectivity index (χ3n) is 8.06. The maximum Gasteiger partial charge on any atom is 0.252 e. The Morgan fingerprint density at radius 1 is 1.26 bits per heavy atom. The number of amides is 1. The van der Waals surface area contributed by atoms with E-state index in [0.717, 1.165) is 35.3 Å². The predicted molar refractivity (Wildman–Crippen MR) is 132 cm³/mol. The number of carbonyl (C=O) groups is 1. The van der Waals surface area contributed by atoms with Crippen LogP contribution in [0, 0.1) is 11.2 Å². The first-order valence-corrected chi connectivity index (χ1v) is 12.0. The van der Waals surface area contributed by atoms with Crippen molar-refractivity contribution in [2.24, 2.45) is 11.1 Å². The lowest BCUT2D eigenvalue weighted by Crippen LogP contribution is -2.47. The van der Waals surface area contributed by atoms with Gasteiger partial charge in [-0.3, -0.25) is 4.79 Å². The summed E-state index contributed by atoms with van der Waals surface area (Å²) in [6, 6.07) is 11.8. The number of nitrogens with two attached hydrogens (primary N) is 1. The summed E-state index contributed by atoms with van der Waals surface area (Å²) in [5.41, 5.74) is 9.58. The molecule has 0 aliphatic heterocycles. The maximum atomic E-state index is 13.4.